The van der Waals surface area contributed by atoms with E-state index < -0.39 is 29.4 Å². The minimum atomic E-state index is -0.717. The van der Waals surface area contributed by atoms with Crippen LogP contribution in [-0.4, -0.2) is 28.7 Å². The van der Waals surface area contributed by atoms with Gasteiger partial charge in [0.1, 0.15) is 5.75 Å². The van der Waals surface area contributed by atoms with Crippen LogP contribution >= 0.6 is 0 Å². The van der Waals surface area contributed by atoms with E-state index in [0.717, 1.165) is 9.80 Å². The van der Waals surface area contributed by atoms with E-state index in [0.29, 0.717) is 11.4 Å². The molecule has 2 aliphatic rings. The fourth-order valence-corrected chi connectivity index (χ4v) is 4.57. The molecule has 6 rings (SSSR count). The summed E-state index contributed by atoms with van der Waals surface area (Å²) in [5, 5.41) is 11.2. The normalized spacial score (nSPS) is 14.9. The number of anilines is 2. The molecule has 0 radical (unpaired) electrons. The predicted octanol–water partition coefficient (Wildman–Crippen LogP) is 4.15. The Labute approximate surface area is 187 Å². The molecular formula is C26H14N2O5. The van der Waals surface area contributed by atoms with Gasteiger partial charge in [0.15, 0.2) is 0 Å². The van der Waals surface area contributed by atoms with Crippen LogP contribution in [-0.2, 0) is 0 Å². The SMILES string of the molecule is O=C1c2ccc3c4c(c(O)cc(c24)C(=O)N1c1ccccc1)C(=O)N(c1ccccc1)C3=O. The van der Waals surface area contributed by atoms with Gasteiger partial charge in [-0.3, -0.25) is 19.2 Å². The number of benzene rings is 4. The third-order valence-corrected chi connectivity index (χ3v) is 6.01. The van der Waals surface area contributed by atoms with Crippen LogP contribution in [0.5, 0.6) is 5.75 Å². The highest BCUT2D eigenvalue weighted by molar-refractivity contribution is 6.42. The van der Waals surface area contributed by atoms with Crippen LogP contribution in [0.1, 0.15) is 41.4 Å². The second-order valence-electron chi connectivity index (χ2n) is 7.79. The fourth-order valence-electron chi connectivity index (χ4n) is 4.57. The Kier molecular flexibility index (Phi) is 3.79. The van der Waals surface area contributed by atoms with E-state index in [-0.39, 0.29) is 33.0 Å². The molecule has 0 spiro atoms. The van der Waals surface area contributed by atoms with Crippen molar-refractivity contribution in [2.45, 2.75) is 0 Å². The number of carbonyl (C=O) groups excluding carboxylic acids is 4. The van der Waals surface area contributed by atoms with Gasteiger partial charge in [-0.15, -0.1) is 0 Å². The van der Waals surface area contributed by atoms with Crippen molar-refractivity contribution >= 4 is 45.8 Å². The third kappa shape index (κ3) is 2.44. The van der Waals surface area contributed by atoms with E-state index >= 15 is 0 Å². The summed E-state index contributed by atoms with van der Waals surface area (Å²) in [4.78, 5) is 55.4. The van der Waals surface area contributed by atoms with Gasteiger partial charge in [-0.1, -0.05) is 36.4 Å². The molecule has 33 heavy (non-hydrogen) atoms. The molecule has 7 nitrogen and oxygen atoms in total. The fraction of sp³-hybridized carbons (Fsp3) is 0. The van der Waals surface area contributed by atoms with Gasteiger partial charge in [-0.2, -0.15) is 0 Å². The molecule has 0 aromatic heterocycles. The molecule has 4 aromatic carbocycles. The van der Waals surface area contributed by atoms with Crippen molar-refractivity contribution in [3.8, 4) is 5.75 Å². The van der Waals surface area contributed by atoms with E-state index in [1.807, 2.05) is 0 Å². The Balaban J connectivity index is 1.63. The number of phenolic OH excluding ortho intramolecular Hbond substituents is 1. The molecule has 4 amide bonds. The number of hydrogen-bond acceptors (Lipinski definition) is 5. The van der Waals surface area contributed by atoms with Crippen LogP contribution in [0.15, 0.2) is 78.9 Å². The van der Waals surface area contributed by atoms with Gasteiger partial charge in [0.2, 0.25) is 0 Å². The highest BCUT2D eigenvalue weighted by Gasteiger charge is 2.42. The Hall–Kier alpha value is -4.78. The average Bonchev–Trinajstić information content (AvgIpc) is 2.83. The first kappa shape index (κ1) is 18.9. The van der Waals surface area contributed by atoms with Crippen molar-refractivity contribution in [3.05, 3.63) is 101 Å². The number of imide groups is 2. The van der Waals surface area contributed by atoms with Gasteiger partial charge >= 0.3 is 0 Å². The number of phenols is 1. The second kappa shape index (κ2) is 6.61. The monoisotopic (exact) mass is 434 g/mol. The molecule has 2 heterocycles. The summed E-state index contributed by atoms with van der Waals surface area (Å²) in [6.45, 7) is 0. The summed E-state index contributed by atoms with van der Waals surface area (Å²) in [6, 6.07) is 21.0. The number of rotatable bonds is 2. The summed E-state index contributed by atoms with van der Waals surface area (Å²) in [7, 11) is 0. The van der Waals surface area contributed by atoms with E-state index in [1.54, 1.807) is 60.7 Å². The summed E-state index contributed by atoms with van der Waals surface area (Å²) in [5.41, 5.74) is 1.00. The van der Waals surface area contributed by atoms with Gasteiger partial charge in [0.25, 0.3) is 23.6 Å². The Morgan fingerprint density at radius 2 is 0.970 bits per heavy atom. The van der Waals surface area contributed by atoms with Gasteiger partial charge < -0.3 is 5.11 Å². The highest BCUT2D eigenvalue weighted by atomic mass is 16.3. The van der Waals surface area contributed by atoms with E-state index in [4.69, 9.17) is 0 Å². The molecule has 0 saturated carbocycles. The zero-order valence-corrected chi connectivity index (χ0v) is 17.0. The second-order valence-corrected chi connectivity index (χ2v) is 7.79. The molecule has 2 aliphatic heterocycles. The van der Waals surface area contributed by atoms with Crippen LogP contribution in [0.25, 0.3) is 10.8 Å². The standard InChI is InChI=1S/C26H14N2O5/c29-19-13-18-20-16(23(30)27(25(18)32)14-7-3-1-4-8-14)11-12-17-21(20)22(19)26(33)28(24(17)31)15-9-5-2-6-10-15/h1-13,29H. The molecule has 0 bridgehead atoms. The summed E-state index contributed by atoms with van der Waals surface area (Å²) >= 11 is 0. The van der Waals surface area contributed by atoms with Crippen molar-refractivity contribution in [1.29, 1.82) is 0 Å². The molecule has 4 aromatic rings. The lowest BCUT2D eigenvalue weighted by Gasteiger charge is -2.32. The highest BCUT2D eigenvalue weighted by Crippen LogP contribution is 2.43. The first-order chi connectivity index (χ1) is 16.0. The maximum absolute atomic E-state index is 13.4. The molecule has 0 unspecified atom stereocenters. The molecule has 7 heteroatoms. The minimum Gasteiger partial charge on any atom is -0.507 e. The number of amides is 4. The smallest absolute Gasteiger partial charge is 0.269 e. The van der Waals surface area contributed by atoms with Gasteiger partial charge in [-0.05, 0) is 42.5 Å². The molecular weight excluding hydrogens is 420 g/mol. The molecule has 158 valence electrons. The topological polar surface area (TPSA) is 95.0 Å². The largest absolute Gasteiger partial charge is 0.507 e. The Morgan fingerprint density at radius 1 is 0.515 bits per heavy atom. The van der Waals surface area contributed by atoms with Crippen molar-refractivity contribution in [2.75, 3.05) is 9.80 Å². The maximum atomic E-state index is 13.4. The van der Waals surface area contributed by atoms with Crippen molar-refractivity contribution in [3.63, 3.8) is 0 Å². The molecule has 0 atom stereocenters. The summed E-state index contributed by atoms with van der Waals surface area (Å²) in [5.74, 6) is -2.93. The van der Waals surface area contributed by atoms with Crippen molar-refractivity contribution < 1.29 is 24.3 Å². The predicted molar refractivity (Wildman–Crippen MR) is 121 cm³/mol. The Morgan fingerprint density at radius 3 is 1.52 bits per heavy atom. The van der Waals surface area contributed by atoms with E-state index in [1.165, 1.54) is 18.2 Å². The average molecular weight is 434 g/mol. The number of carbonyl (C=O) groups is 4. The lowest BCUT2D eigenvalue weighted by molar-refractivity contribution is 0.0871. The molecule has 0 aliphatic carbocycles. The van der Waals surface area contributed by atoms with Crippen LogP contribution in [0.3, 0.4) is 0 Å². The van der Waals surface area contributed by atoms with Gasteiger partial charge in [-0.25, -0.2) is 9.80 Å². The summed E-state index contributed by atoms with van der Waals surface area (Å²) < 4.78 is 0. The van der Waals surface area contributed by atoms with Crippen LogP contribution in [0, 0.1) is 0 Å². The zero-order valence-electron chi connectivity index (χ0n) is 17.0. The molecule has 0 saturated heterocycles. The number of nitrogens with zero attached hydrogens (tertiary/aromatic N) is 2. The quantitative estimate of drug-likeness (QED) is 0.479. The van der Waals surface area contributed by atoms with Crippen LogP contribution in [0.2, 0.25) is 0 Å². The third-order valence-electron chi connectivity index (χ3n) is 6.01. The van der Waals surface area contributed by atoms with Gasteiger partial charge in [0, 0.05) is 21.9 Å². The van der Waals surface area contributed by atoms with Gasteiger partial charge in [0.05, 0.1) is 22.5 Å². The number of aromatic hydroxyl groups is 1. The van der Waals surface area contributed by atoms with Crippen LogP contribution in [0.4, 0.5) is 11.4 Å². The number of hydrogen-bond donors (Lipinski definition) is 1. The first-order valence-electron chi connectivity index (χ1n) is 10.2. The lowest BCUT2D eigenvalue weighted by Crippen LogP contribution is -2.43. The zero-order chi connectivity index (χ0) is 22.9. The first-order valence-corrected chi connectivity index (χ1v) is 10.2. The number of para-hydroxylation sites is 2. The van der Waals surface area contributed by atoms with Crippen molar-refractivity contribution in [2.24, 2.45) is 0 Å². The molecule has 0 fully saturated rings. The molecule has 1 N–H and O–H groups in total. The minimum absolute atomic E-state index is 0.0558. The lowest BCUT2D eigenvalue weighted by atomic mass is 9.85. The Bertz CT molecular complexity index is 1540. The van der Waals surface area contributed by atoms with E-state index in [9.17, 15) is 24.3 Å². The maximum Gasteiger partial charge on any atom is 0.269 e. The van der Waals surface area contributed by atoms with E-state index in [2.05, 4.69) is 0 Å². The van der Waals surface area contributed by atoms with Crippen LogP contribution < -0.4 is 9.80 Å². The van der Waals surface area contributed by atoms with Crippen molar-refractivity contribution in [1.82, 2.24) is 0 Å². The summed E-state index contributed by atoms with van der Waals surface area (Å²) in [6.07, 6.45) is 0.